The first-order valence-corrected chi connectivity index (χ1v) is 6.81. The van der Waals surface area contributed by atoms with Gasteiger partial charge in [-0.3, -0.25) is 4.79 Å². The second-order valence-electron chi connectivity index (χ2n) is 5.05. The van der Waals surface area contributed by atoms with Crippen molar-refractivity contribution in [2.24, 2.45) is 12.2 Å². The SMILES string of the molecule is Cn1cnc(C(=O)N2CCC/C(=N/O)c3ccccc32)c1. The first-order chi connectivity index (χ1) is 10.2. The van der Waals surface area contributed by atoms with Gasteiger partial charge in [0, 0.05) is 25.4 Å². The summed E-state index contributed by atoms with van der Waals surface area (Å²) in [5.41, 5.74) is 2.58. The number of hydrogen-bond donors (Lipinski definition) is 1. The second-order valence-corrected chi connectivity index (χ2v) is 5.05. The van der Waals surface area contributed by atoms with E-state index in [1.54, 1.807) is 22.0 Å². The van der Waals surface area contributed by atoms with Gasteiger partial charge < -0.3 is 14.7 Å². The van der Waals surface area contributed by atoms with Gasteiger partial charge in [-0.05, 0) is 18.9 Å². The van der Waals surface area contributed by atoms with Crippen molar-refractivity contribution in [3.8, 4) is 0 Å². The van der Waals surface area contributed by atoms with Gasteiger partial charge in [-0.15, -0.1) is 0 Å². The van der Waals surface area contributed by atoms with Gasteiger partial charge in [0.25, 0.3) is 5.91 Å². The quantitative estimate of drug-likeness (QED) is 0.643. The van der Waals surface area contributed by atoms with Crippen LogP contribution in [0, 0.1) is 0 Å². The molecule has 21 heavy (non-hydrogen) atoms. The number of para-hydroxylation sites is 1. The maximum Gasteiger partial charge on any atom is 0.278 e. The highest BCUT2D eigenvalue weighted by atomic mass is 16.4. The number of nitrogens with zero attached hydrogens (tertiary/aromatic N) is 4. The number of carbonyl (C=O) groups is 1. The fourth-order valence-electron chi connectivity index (χ4n) is 2.59. The Hall–Kier alpha value is -2.63. The van der Waals surface area contributed by atoms with E-state index in [2.05, 4.69) is 10.1 Å². The van der Waals surface area contributed by atoms with E-state index in [0.29, 0.717) is 24.4 Å². The Morgan fingerprint density at radius 3 is 2.90 bits per heavy atom. The van der Waals surface area contributed by atoms with Gasteiger partial charge in [-0.25, -0.2) is 4.98 Å². The summed E-state index contributed by atoms with van der Waals surface area (Å²) in [6, 6.07) is 7.48. The lowest BCUT2D eigenvalue weighted by Crippen LogP contribution is -2.32. The number of anilines is 1. The molecule has 0 aliphatic carbocycles. The van der Waals surface area contributed by atoms with Crippen LogP contribution in [0.1, 0.15) is 28.9 Å². The van der Waals surface area contributed by atoms with Gasteiger partial charge in [-0.1, -0.05) is 23.4 Å². The average Bonchev–Trinajstić information content (AvgIpc) is 2.84. The van der Waals surface area contributed by atoms with Crippen LogP contribution in [-0.4, -0.2) is 32.9 Å². The molecule has 6 nitrogen and oxygen atoms in total. The fourth-order valence-corrected chi connectivity index (χ4v) is 2.59. The maximum atomic E-state index is 12.7. The highest BCUT2D eigenvalue weighted by molar-refractivity contribution is 6.12. The van der Waals surface area contributed by atoms with E-state index < -0.39 is 0 Å². The third kappa shape index (κ3) is 2.40. The van der Waals surface area contributed by atoms with Gasteiger partial charge in [0.05, 0.1) is 17.7 Å². The minimum Gasteiger partial charge on any atom is -0.411 e. The lowest BCUT2D eigenvalue weighted by molar-refractivity contribution is 0.0982. The van der Waals surface area contributed by atoms with Crippen molar-refractivity contribution in [2.75, 3.05) is 11.4 Å². The van der Waals surface area contributed by atoms with E-state index in [4.69, 9.17) is 0 Å². The minimum atomic E-state index is -0.137. The molecule has 3 rings (SSSR count). The van der Waals surface area contributed by atoms with Gasteiger partial charge >= 0.3 is 0 Å². The number of fused-ring (bicyclic) bond motifs is 1. The molecule has 0 bridgehead atoms. The van der Waals surface area contributed by atoms with Gasteiger partial charge in [0.15, 0.2) is 0 Å². The zero-order valence-electron chi connectivity index (χ0n) is 11.7. The molecule has 1 amide bonds. The summed E-state index contributed by atoms with van der Waals surface area (Å²) in [5.74, 6) is -0.137. The summed E-state index contributed by atoms with van der Waals surface area (Å²) < 4.78 is 1.75. The Morgan fingerprint density at radius 2 is 2.19 bits per heavy atom. The molecule has 1 N–H and O–H groups in total. The molecule has 1 aromatic carbocycles. The number of hydrogen-bond acceptors (Lipinski definition) is 4. The van der Waals surface area contributed by atoms with Crippen molar-refractivity contribution in [3.63, 3.8) is 0 Å². The van der Waals surface area contributed by atoms with E-state index in [-0.39, 0.29) is 5.91 Å². The lowest BCUT2D eigenvalue weighted by atomic mass is 10.1. The van der Waals surface area contributed by atoms with Crippen LogP contribution < -0.4 is 4.90 Å². The number of amides is 1. The Balaban J connectivity index is 2.04. The number of aromatic nitrogens is 2. The summed E-state index contributed by atoms with van der Waals surface area (Å²) in [4.78, 5) is 18.5. The van der Waals surface area contributed by atoms with Crippen LogP contribution >= 0.6 is 0 Å². The summed E-state index contributed by atoms with van der Waals surface area (Å²) in [5, 5.41) is 12.6. The molecule has 0 saturated heterocycles. The topological polar surface area (TPSA) is 70.7 Å². The van der Waals surface area contributed by atoms with E-state index in [1.165, 1.54) is 0 Å². The van der Waals surface area contributed by atoms with Crippen LogP contribution in [0.25, 0.3) is 0 Å². The Bertz CT molecular complexity index is 705. The zero-order valence-corrected chi connectivity index (χ0v) is 11.7. The molecule has 6 heteroatoms. The van der Waals surface area contributed by atoms with Crippen molar-refractivity contribution in [1.29, 1.82) is 0 Å². The second kappa shape index (κ2) is 5.40. The molecule has 108 valence electrons. The molecule has 2 aromatic rings. The first kappa shape index (κ1) is 13.4. The summed E-state index contributed by atoms with van der Waals surface area (Å²) >= 11 is 0. The predicted molar refractivity (Wildman–Crippen MR) is 78.9 cm³/mol. The molecule has 0 spiro atoms. The van der Waals surface area contributed by atoms with Gasteiger partial charge in [0.2, 0.25) is 0 Å². The number of oxime groups is 1. The Labute approximate surface area is 122 Å². The summed E-state index contributed by atoms with van der Waals surface area (Å²) in [7, 11) is 1.83. The van der Waals surface area contributed by atoms with Crippen LogP contribution in [-0.2, 0) is 7.05 Å². The third-order valence-electron chi connectivity index (χ3n) is 3.59. The van der Waals surface area contributed by atoms with Crippen LogP contribution in [0.5, 0.6) is 0 Å². The van der Waals surface area contributed by atoms with Gasteiger partial charge in [-0.2, -0.15) is 0 Å². The molecule has 1 aliphatic rings. The monoisotopic (exact) mass is 284 g/mol. The fraction of sp³-hybridized carbons (Fsp3) is 0.267. The summed E-state index contributed by atoms with van der Waals surface area (Å²) in [6.45, 7) is 0.575. The van der Waals surface area contributed by atoms with E-state index in [9.17, 15) is 10.0 Å². The maximum absolute atomic E-state index is 12.7. The molecule has 0 atom stereocenters. The molecule has 0 unspecified atom stereocenters. The third-order valence-corrected chi connectivity index (χ3v) is 3.59. The number of benzene rings is 1. The lowest BCUT2D eigenvalue weighted by Gasteiger charge is -2.21. The molecular formula is C15H16N4O2. The molecule has 0 fully saturated rings. The Morgan fingerprint density at radius 1 is 1.38 bits per heavy atom. The standard InChI is InChI=1S/C15H16N4O2/c1-18-9-13(16-10-18)15(20)19-8-4-6-12(17-21)11-5-2-3-7-14(11)19/h2-3,5,7,9-10,21H,4,6,8H2,1H3/b17-12-. The van der Waals surface area contributed by atoms with Crippen LogP contribution in [0.2, 0.25) is 0 Å². The van der Waals surface area contributed by atoms with Gasteiger partial charge in [0.1, 0.15) is 5.69 Å². The highest BCUT2D eigenvalue weighted by Gasteiger charge is 2.26. The number of rotatable bonds is 1. The van der Waals surface area contributed by atoms with E-state index >= 15 is 0 Å². The predicted octanol–water partition coefficient (Wildman–Crippen LogP) is 2.04. The molecule has 1 aliphatic heterocycles. The van der Waals surface area contributed by atoms with E-state index in [1.807, 2.05) is 31.3 Å². The van der Waals surface area contributed by atoms with Crippen molar-refractivity contribution in [2.45, 2.75) is 12.8 Å². The van der Waals surface area contributed by atoms with Crippen LogP contribution in [0.3, 0.4) is 0 Å². The smallest absolute Gasteiger partial charge is 0.278 e. The van der Waals surface area contributed by atoms with Crippen molar-refractivity contribution in [1.82, 2.24) is 9.55 Å². The summed E-state index contributed by atoms with van der Waals surface area (Å²) in [6.07, 6.45) is 4.70. The molecule has 1 aromatic heterocycles. The highest BCUT2D eigenvalue weighted by Crippen LogP contribution is 2.27. The average molecular weight is 284 g/mol. The first-order valence-electron chi connectivity index (χ1n) is 6.81. The molecule has 0 radical (unpaired) electrons. The molecular weight excluding hydrogens is 268 g/mol. The minimum absolute atomic E-state index is 0.137. The largest absolute Gasteiger partial charge is 0.411 e. The van der Waals surface area contributed by atoms with Crippen molar-refractivity contribution >= 4 is 17.3 Å². The van der Waals surface area contributed by atoms with Crippen molar-refractivity contribution in [3.05, 3.63) is 48.0 Å². The molecule has 0 saturated carbocycles. The number of carbonyl (C=O) groups excluding carboxylic acids is 1. The number of imidazole rings is 1. The van der Waals surface area contributed by atoms with E-state index in [0.717, 1.165) is 17.7 Å². The van der Waals surface area contributed by atoms with Crippen molar-refractivity contribution < 1.29 is 10.0 Å². The normalized spacial score (nSPS) is 16.6. The van der Waals surface area contributed by atoms with Crippen LogP contribution in [0.15, 0.2) is 41.9 Å². The number of aryl methyl sites for hydroxylation is 1. The zero-order chi connectivity index (χ0) is 14.8. The Kier molecular flexibility index (Phi) is 3.43. The molecule has 2 heterocycles. The van der Waals surface area contributed by atoms with Crippen LogP contribution in [0.4, 0.5) is 5.69 Å².